The Morgan fingerprint density at radius 1 is 1.10 bits per heavy atom. The fraction of sp³-hybridized carbons (Fsp3) is 0.600. The van der Waals surface area contributed by atoms with Crippen LogP contribution in [-0.2, 0) is 0 Å². The highest BCUT2D eigenvalue weighted by Gasteiger charge is 2.21. The van der Waals surface area contributed by atoms with Crippen molar-refractivity contribution in [2.24, 2.45) is 0 Å². The standard InChI is InChI=1S/C15H26N2O4/c1-17(2)9-8-16-12(10-18)11-6-7-13(19-3)15(21-5)14(11)20-4/h6-7,12,16,18H,8-10H2,1-5H3. The molecule has 1 unspecified atom stereocenters. The number of aliphatic hydroxyl groups excluding tert-OH is 1. The summed E-state index contributed by atoms with van der Waals surface area (Å²) < 4.78 is 16.1. The van der Waals surface area contributed by atoms with Crippen LogP contribution in [0.25, 0.3) is 0 Å². The van der Waals surface area contributed by atoms with Gasteiger partial charge in [0.2, 0.25) is 5.75 Å². The molecule has 0 amide bonds. The second-order valence-corrected chi connectivity index (χ2v) is 4.92. The van der Waals surface area contributed by atoms with Crippen molar-refractivity contribution in [3.05, 3.63) is 17.7 Å². The molecule has 1 aromatic rings. The van der Waals surface area contributed by atoms with Crippen LogP contribution in [0.4, 0.5) is 0 Å². The normalized spacial score (nSPS) is 12.3. The molecule has 0 heterocycles. The van der Waals surface area contributed by atoms with Gasteiger partial charge < -0.3 is 29.5 Å². The van der Waals surface area contributed by atoms with Crippen molar-refractivity contribution in [3.63, 3.8) is 0 Å². The molecular weight excluding hydrogens is 272 g/mol. The van der Waals surface area contributed by atoms with Crippen LogP contribution in [0.5, 0.6) is 17.2 Å². The molecule has 0 aliphatic carbocycles. The molecule has 1 aromatic carbocycles. The van der Waals surface area contributed by atoms with Gasteiger partial charge in [0, 0.05) is 18.7 Å². The van der Waals surface area contributed by atoms with E-state index in [4.69, 9.17) is 14.2 Å². The van der Waals surface area contributed by atoms with E-state index in [1.54, 1.807) is 21.3 Å². The van der Waals surface area contributed by atoms with E-state index in [9.17, 15) is 5.11 Å². The molecule has 0 saturated heterocycles. The number of hydrogen-bond donors (Lipinski definition) is 2. The van der Waals surface area contributed by atoms with Crippen LogP contribution < -0.4 is 19.5 Å². The smallest absolute Gasteiger partial charge is 0.203 e. The van der Waals surface area contributed by atoms with Crippen molar-refractivity contribution < 1.29 is 19.3 Å². The maximum Gasteiger partial charge on any atom is 0.203 e. The van der Waals surface area contributed by atoms with Gasteiger partial charge in [0.05, 0.1) is 34.0 Å². The lowest BCUT2D eigenvalue weighted by molar-refractivity contribution is 0.235. The third kappa shape index (κ3) is 4.49. The Hall–Kier alpha value is -1.50. The zero-order valence-corrected chi connectivity index (χ0v) is 13.5. The highest BCUT2D eigenvalue weighted by Crippen LogP contribution is 2.41. The fourth-order valence-electron chi connectivity index (χ4n) is 2.13. The van der Waals surface area contributed by atoms with E-state index in [1.807, 2.05) is 26.2 Å². The van der Waals surface area contributed by atoms with Crippen molar-refractivity contribution in [1.82, 2.24) is 10.2 Å². The first-order valence-electron chi connectivity index (χ1n) is 6.86. The molecule has 6 heteroatoms. The highest BCUT2D eigenvalue weighted by atomic mass is 16.5. The molecule has 1 atom stereocenters. The summed E-state index contributed by atoms with van der Waals surface area (Å²) in [6.45, 7) is 1.61. The molecule has 6 nitrogen and oxygen atoms in total. The molecule has 0 aliphatic heterocycles. The van der Waals surface area contributed by atoms with Crippen LogP contribution in [0, 0.1) is 0 Å². The number of likely N-dealkylation sites (N-methyl/N-ethyl adjacent to an activating group) is 1. The molecule has 0 fully saturated rings. The van der Waals surface area contributed by atoms with E-state index in [0.29, 0.717) is 17.2 Å². The average molecular weight is 298 g/mol. The molecule has 21 heavy (non-hydrogen) atoms. The van der Waals surface area contributed by atoms with Crippen LogP contribution in [-0.4, -0.2) is 65.1 Å². The van der Waals surface area contributed by atoms with E-state index in [1.165, 1.54) is 0 Å². The molecule has 0 aliphatic rings. The van der Waals surface area contributed by atoms with Gasteiger partial charge in [-0.25, -0.2) is 0 Å². The molecule has 1 rings (SSSR count). The monoisotopic (exact) mass is 298 g/mol. The Morgan fingerprint density at radius 2 is 1.76 bits per heavy atom. The largest absolute Gasteiger partial charge is 0.493 e. The summed E-state index contributed by atoms with van der Waals surface area (Å²) in [5.74, 6) is 1.71. The minimum atomic E-state index is -0.222. The van der Waals surface area contributed by atoms with E-state index < -0.39 is 0 Å². The van der Waals surface area contributed by atoms with Crippen molar-refractivity contribution in [1.29, 1.82) is 0 Å². The highest BCUT2D eigenvalue weighted by molar-refractivity contribution is 5.56. The molecular formula is C15H26N2O4. The van der Waals surface area contributed by atoms with Gasteiger partial charge in [-0.3, -0.25) is 0 Å². The Balaban J connectivity index is 3.03. The minimum absolute atomic E-state index is 0.0285. The second kappa shape index (κ2) is 8.71. The summed E-state index contributed by atoms with van der Waals surface area (Å²) in [5, 5.41) is 13.0. The number of aliphatic hydroxyl groups is 1. The lowest BCUT2D eigenvalue weighted by Gasteiger charge is -2.22. The minimum Gasteiger partial charge on any atom is -0.493 e. The maximum absolute atomic E-state index is 9.65. The van der Waals surface area contributed by atoms with E-state index >= 15 is 0 Å². The first kappa shape index (κ1) is 17.6. The fourth-order valence-corrected chi connectivity index (χ4v) is 2.13. The third-order valence-electron chi connectivity index (χ3n) is 3.24. The first-order valence-corrected chi connectivity index (χ1v) is 6.86. The Morgan fingerprint density at radius 3 is 2.24 bits per heavy atom. The van der Waals surface area contributed by atoms with Crippen molar-refractivity contribution in [2.45, 2.75) is 6.04 Å². The van der Waals surface area contributed by atoms with Gasteiger partial charge in [-0.1, -0.05) is 0 Å². The van der Waals surface area contributed by atoms with Gasteiger partial charge in [-0.05, 0) is 26.2 Å². The van der Waals surface area contributed by atoms with Crippen LogP contribution >= 0.6 is 0 Å². The summed E-state index contributed by atoms with van der Waals surface area (Å²) >= 11 is 0. The average Bonchev–Trinajstić information content (AvgIpc) is 2.49. The van der Waals surface area contributed by atoms with Crippen LogP contribution in [0.15, 0.2) is 12.1 Å². The van der Waals surface area contributed by atoms with Crippen LogP contribution in [0.2, 0.25) is 0 Å². The third-order valence-corrected chi connectivity index (χ3v) is 3.24. The summed E-state index contributed by atoms with van der Waals surface area (Å²) in [4.78, 5) is 2.08. The molecule has 0 saturated carbocycles. The number of rotatable bonds is 9. The summed E-state index contributed by atoms with van der Waals surface area (Å²) in [6, 6.07) is 3.47. The number of hydrogen-bond acceptors (Lipinski definition) is 6. The summed E-state index contributed by atoms with van der Waals surface area (Å²) in [7, 11) is 8.74. The van der Waals surface area contributed by atoms with Gasteiger partial charge in [0.1, 0.15) is 0 Å². The van der Waals surface area contributed by atoms with E-state index in [2.05, 4.69) is 10.2 Å². The molecule has 2 N–H and O–H groups in total. The first-order chi connectivity index (χ1) is 10.1. The van der Waals surface area contributed by atoms with Gasteiger partial charge in [0.15, 0.2) is 11.5 Å². The lowest BCUT2D eigenvalue weighted by atomic mass is 10.0. The molecule has 120 valence electrons. The summed E-state index contributed by atoms with van der Waals surface area (Å²) in [5.41, 5.74) is 0.844. The zero-order valence-electron chi connectivity index (χ0n) is 13.5. The summed E-state index contributed by atoms with van der Waals surface area (Å²) in [6.07, 6.45) is 0. The van der Waals surface area contributed by atoms with Gasteiger partial charge >= 0.3 is 0 Å². The van der Waals surface area contributed by atoms with E-state index in [0.717, 1.165) is 18.7 Å². The van der Waals surface area contributed by atoms with E-state index in [-0.39, 0.29) is 12.6 Å². The van der Waals surface area contributed by atoms with Crippen molar-refractivity contribution in [3.8, 4) is 17.2 Å². The topological polar surface area (TPSA) is 63.2 Å². The predicted molar refractivity (Wildman–Crippen MR) is 82.5 cm³/mol. The number of methoxy groups -OCH3 is 3. The predicted octanol–water partition coefficient (Wildman–Crippen LogP) is 0.897. The van der Waals surface area contributed by atoms with Gasteiger partial charge in [-0.2, -0.15) is 0 Å². The Kier molecular flexibility index (Phi) is 7.28. The molecule has 0 bridgehead atoms. The second-order valence-electron chi connectivity index (χ2n) is 4.92. The Bertz CT molecular complexity index is 438. The zero-order chi connectivity index (χ0) is 15.8. The molecule has 0 radical (unpaired) electrons. The maximum atomic E-state index is 9.65. The quantitative estimate of drug-likeness (QED) is 0.706. The number of nitrogens with zero attached hydrogens (tertiary/aromatic N) is 1. The lowest BCUT2D eigenvalue weighted by Crippen LogP contribution is -2.31. The molecule has 0 spiro atoms. The van der Waals surface area contributed by atoms with Crippen LogP contribution in [0.1, 0.15) is 11.6 Å². The van der Waals surface area contributed by atoms with Crippen LogP contribution in [0.3, 0.4) is 0 Å². The van der Waals surface area contributed by atoms with Gasteiger partial charge in [-0.15, -0.1) is 0 Å². The molecule has 0 aromatic heterocycles. The number of nitrogens with one attached hydrogen (secondary N) is 1. The van der Waals surface area contributed by atoms with Gasteiger partial charge in [0.25, 0.3) is 0 Å². The van der Waals surface area contributed by atoms with Crippen molar-refractivity contribution >= 4 is 0 Å². The van der Waals surface area contributed by atoms with Crippen molar-refractivity contribution in [2.75, 3.05) is 55.1 Å². The number of ether oxygens (including phenoxy) is 3. The number of benzene rings is 1. The SMILES string of the molecule is COc1ccc(C(CO)NCCN(C)C)c(OC)c1OC. The Labute approximate surface area is 126 Å².